The summed E-state index contributed by atoms with van der Waals surface area (Å²) < 4.78 is 0. The lowest BCUT2D eigenvalue weighted by Crippen LogP contribution is -1.95. The topological polar surface area (TPSA) is 81.3 Å². The molecule has 4 heteroatoms. The van der Waals surface area contributed by atoms with Crippen molar-refractivity contribution in [1.82, 2.24) is 0 Å². The third-order valence-corrected chi connectivity index (χ3v) is 2.56. The minimum Gasteiger partial charge on any atom is -0.507 e. The van der Waals surface area contributed by atoms with E-state index in [1.165, 1.54) is 24.3 Å². The van der Waals surface area contributed by atoms with Crippen LogP contribution in [0.4, 0.5) is 0 Å². The van der Waals surface area contributed by atoms with Gasteiger partial charge in [0.15, 0.2) is 0 Å². The molecule has 88 valence electrons. The standard InChI is InChI=1S/C14H9NO3/c15-8-12-7-10(4-5-13(12)16)9-2-1-3-11(6-9)14(17)18/h1-7,16H,(H,17,18). The van der Waals surface area contributed by atoms with Crippen molar-refractivity contribution in [3.63, 3.8) is 0 Å². The molecule has 18 heavy (non-hydrogen) atoms. The Morgan fingerprint density at radius 3 is 2.50 bits per heavy atom. The van der Waals surface area contributed by atoms with Gasteiger partial charge in [0, 0.05) is 0 Å². The van der Waals surface area contributed by atoms with Crippen molar-refractivity contribution in [2.24, 2.45) is 0 Å². The highest BCUT2D eigenvalue weighted by atomic mass is 16.4. The van der Waals surface area contributed by atoms with E-state index in [4.69, 9.17) is 10.4 Å². The quantitative estimate of drug-likeness (QED) is 0.844. The van der Waals surface area contributed by atoms with E-state index >= 15 is 0 Å². The van der Waals surface area contributed by atoms with Crippen molar-refractivity contribution < 1.29 is 15.0 Å². The molecule has 0 aliphatic heterocycles. The number of carboxylic acids is 1. The number of carbonyl (C=O) groups is 1. The monoisotopic (exact) mass is 239 g/mol. The van der Waals surface area contributed by atoms with Crippen LogP contribution in [0, 0.1) is 11.3 Å². The van der Waals surface area contributed by atoms with Gasteiger partial charge in [-0.25, -0.2) is 4.79 Å². The van der Waals surface area contributed by atoms with Gasteiger partial charge in [-0.05, 0) is 35.4 Å². The van der Waals surface area contributed by atoms with Crippen LogP contribution in [0.15, 0.2) is 42.5 Å². The third-order valence-electron chi connectivity index (χ3n) is 2.56. The Bertz CT molecular complexity index is 656. The molecule has 0 amide bonds. The summed E-state index contributed by atoms with van der Waals surface area (Å²) in [6.45, 7) is 0. The van der Waals surface area contributed by atoms with E-state index in [1.54, 1.807) is 18.2 Å². The third kappa shape index (κ3) is 2.15. The zero-order chi connectivity index (χ0) is 13.1. The van der Waals surface area contributed by atoms with Crippen LogP contribution in [-0.4, -0.2) is 16.2 Å². The number of nitriles is 1. The molecule has 0 spiro atoms. The van der Waals surface area contributed by atoms with Crippen molar-refractivity contribution in [2.45, 2.75) is 0 Å². The summed E-state index contributed by atoms with van der Waals surface area (Å²) in [6.07, 6.45) is 0. The van der Waals surface area contributed by atoms with Crippen LogP contribution in [0.25, 0.3) is 11.1 Å². The lowest BCUT2D eigenvalue weighted by molar-refractivity contribution is 0.0697. The smallest absolute Gasteiger partial charge is 0.335 e. The van der Waals surface area contributed by atoms with Gasteiger partial charge >= 0.3 is 5.97 Å². The van der Waals surface area contributed by atoms with Gasteiger partial charge in [-0.15, -0.1) is 0 Å². The maximum atomic E-state index is 10.9. The van der Waals surface area contributed by atoms with Gasteiger partial charge in [0.25, 0.3) is 0 Å². The molecule has 4 nitrogen and oxygen atoms in total. The second kappa shape index (κ2) is 4.60. The summed E-state index contributed by atoms with van der Waals surface area (Å²) in [5.41, 5.74) is 1.71. The minimum atomic E-state index is -1.00. The zero-order valence-corrected chi connectivity index (χ0v) is 9.29. The van der Waals surface area contributed by atoms with Crippen LogP contribution in [0.5, 0.6) is 5.75 Å². The first kappa shape index (κ1) is 11.7. The molecule has 0 atom stereocenters. The van der Waals surface area contributed by atoms with Gasteiger partial charge in [-0.2, -0.15) is 5.26 Å². The second-order valence-corrected chi connectivity index (χ2v) is 3.73. The summed E-state index contributed by atoms with van der Waals surface area (Å²) in [4.78, 5) is 10.9. The molecule has 0 radical (unpaired) electrons. The Labute approximate surface area is 103 Å². The van der Waals surface area contributed by atoms with Crippen LogP contribution in [0.1, 0.15) is 15.9 Å². The van der Waals surface area contributed by atoms with Gasteiger partial charge in [0.05, 0.1) is 11.1 Å². The fourth-order valence-corrected chi connectivity index (χ4v) is 1.64. The van der Waals surface area contributed by atoms with E-state index in [-0.39, 0.29) is 16.9 Å². The van der Waals surface area contributed by atoms with Crippen LogP contribution in [-0.2, 0) is 0 Å². The number of benzene rings is 2. The van der Waals surface area contributed by atoms with Crippen LogP contribution >= 0.6 is 0 Å². The molecule has 0 unspecified atom stereocenters. The Morgan fingerprint density at radius 1 is 1.11 bits per heavy atom. The van der Waals surface area contributed by atoms with Gasteiger partial charge in [0.1, 0.15) is 11.8 Å². The van der Waals surface area contributed by atoms with Gasteiger partial charge in [-0.3, -0.25) is 0 Å². The molecule has 2 aromatic rings. The second-order valence-electron chi connectivity index (χ2n) is 3.73. The maximum Gasteiger partial charge on any atom is 0.335 e. The predicted molar refractivity (Wildman–Crippen MR) is 65.2 cm³/mol. The number of aromatic carboxylic acids is 1. The first-order valence-corrected chi connectivity index (χ1v) is 5.18. The van der Waals surface area contributed by atoms with Crippen LogP contribution in [0.2, 0.25) is 0 Å². The average Bonchev–Trinajstić information content (AvgIpc) is 2.39. The number of aromatic hydroxyl groups is 1. The maximum absolute atomic E-state index is 10.9. The highest BCUT2D eigenvalue weighted by Gasteiger charge is 2.07. The molecule has 2 rings (SSSR count). The summed E-state index contributed by atoms with van der Waals surface area (Å²) >= 11 is 0. The zero-order valence-electron chi connectivity index (χ0n) is 9.29. The van der Waals surface area contributed by atoms with E-state index in [1.807, 2.05) is 6.07 Å². The molecule has 0 heterocycles. The number of carboxylic acid groups (broad SMARTS) is 1. The predicted octanol–water partition coefficient (Wildman–Crippen LogP) is 2.63. The molecule has 0 saturated carbocycles. The van der Waals surface area contributed by atoms with Crippen LogP contribution < -0.4 is 0 Å². The number of nitrogens with zero attached hydrogens (tertiary/aromatic N) is 1. The molecule has 0 aliphatic rings. The van der Waals surface area contributed by atoms with E-state index in [9.17, 15) is 9.90 Å². The molecular weight excluding hydrogens is 230 g/mol. The highest BCUT2D eigenvalue weighted by Crippen LogP contribution is 2.26. The Kier molecular flexibility index (Phi) is 2.98. The van der Waals surface area contributed by atoms with Crippen LogP contribution in [0.3, 0.4) is 0 Å². The average molecular weight is 239 g/mol. The number of phenolic OH excluding ortho intramolecular Hbond substituents is 1. The molecular formula is C14H9NO3. The molecule has 0 saturated heterocycles. The number of rotatable bonds is 2. The molecule has 0 fully saturated rings. The van der Waals surface area contributed by atoms with Crippen molar-refractivity contribution in [3.05, 3.63) is 53.6 Å². The number of phenols is 1. The number of hydrogen-bond acceptors (Lipinski definition) is 3. The highest BCUT2D eigenvalue weighted by molar-refractivity contribution is 5.89. The summed E-state index contributed by atoms with van der Waals surface area (Å²) in [6, 6.07) is 12.9. The largest absolute Gasteiger partial charge is 0.507 e. The molecule has 2 N–H and O–H groups in total. The fraction of sp³-hybridized carbons (Fsp3) is 0. The normalized spacial score (nSPS) is 9.72. The first-order valence-electron chi connectivity index (χ1n) is 5.18. The summed E-state index contributed by atoms with van der Waals surface area (Å²) in [5.74, 6) is -1.09. The Hall–Kier alpha value is -2.80. The number of hydrogen-bond donors (Lipinski definition) is 2. The van der Waals surface area contributed by atoms with E-state index in [0.29, 0.717) is 11.1 Å². The van der Waals surface area contributed by atoms with Crippen molar-refractivity contribution >= 4 is 5.97 Å². The van der Waals surface area contributed by atoms with E-state index < -0.39 is 5.97 Å². The minimum absolute atomic E-state index is 0.0874. The van der Waals surface area contributed by atoms with Gasteiger partial charge in [0.2, 0.25) is 0 Å². The van der Waals surface area contributed by atoms with E-state index in [2.05, 4.69) is 0 Å². The first-order chi connectivity index (χ1) is 8.61. The summed E-state index contributed by atoms with van der Waals surface area (Å²) in [7, 11) is 0. The fourth-order valence-electron chi connectivity index (χ4n) is 1.64. The molecule has 0 aliphatic carbocycles. The van der Waals surface area contributed by atoms with Gasteiger partial charge in [-0.1, -0.05) is 18.2 Å². The molecule has 0 bridgehead atoms. The van der Waals surface area contributed by atoms with Crippen molar-refractivity contribution in [3.8, 4) is 22.9 Å². The Morgan fingerprint density at radius 2 is 1.83 bits per heavy atom. The molecule has 0 aromatic heterocycles. The lowest BCUT2D eigenvalue weighted by Gasteiger charge is -2.04. The Balaban J connectivity index is 2.52. The van der Waals surface area contributed by atoms with Gasteiger partial charge < -0.3 is 10.2 Å². The molecule has 2 aromatic carbocycles. The van der Waals surface area contributed by atoms with E-state index in [0.717, 1.165) is 0 Å². The van der Waals surface area contributed by atoms with Crippen molar-refractivity contribution in [1.29, 1.82) is 5.26 Å². The SMILES string of the molecule is N#Cc1cc(-c2cccc(C(=O)O)c2)ccc1O. The van der Waals surface area contributed by atoms with Crippen molar-refractivity contribution in [2.75, 3.05) is 0 Å². The summed E-state index contributed by atoms with van der Waals surface area (Å²) in [5, 5.41) is 27.1. The lowest BCUT2D eigenvalue weighted by atomic mass is 10.0.